The smallest absolute Gasteiger partial charge is 0.264 e. The molecule has 3 aromatic rings. The van der Waals surface area contributed by atoms with Gasteiger partial charge in [0.25, 0.3) is 10.0 Å². The largest absolute Gasteiger partial charge is 0.494 e. The second kappa shape index (κ2) is 10.8. The van der Waals surface area contributed by atoms with Crippen molar-refractivity contribution in [1.29, 1.82) is 0 Å². The topological polar surface area (TPSA) is 75.7 Å². The minimum atomic E-state index is -4.03. The molecule has 0 atom stereocenters. The third-order valence-electron chi connectivity index (χ3n) is 4.51. The van der Waals surface area contributed by atoms with E-state index in [9.17, 15) is 13.2 Å². The van der Waals surface area contributed by atoms with Crippen molar-refractivity contribution in [3.63, 3.8) is 0 Å². The summed E-state index contributed by atoms with van der Waals surface area (Å²) in [5.74, 6) is 0.149. The lowest BCUT2D eigenvalue weighted by molar-refractivity contribution is -0.114. The second-order valence-corrected chi connectivity index (χ2v) is 9.79. The van der Waals surface area contributed by atoms with Crippen molar-refractivity contribution in [3.8, 4) is 5.75 Å². The standard InChI is InChI=1S/C23H23ClN2O4S2/c1-3-30-19-12-10-18(11-13-19)26(32(28,29)20-14-8-17(24)9-15-20)16-23(27)25-21-6-4-5-7-22(21)31-2/h4-15H,3,16H2,1-2H3,(H,25,27). The van der Waals surface area contributed by atoms with Crippen molar-refractivity contribution >= 4 is 50.7 Å². The Hall–Kier alpha value is -2.68. The molecule has 0 aliphatic heterocycles. The highest BCUT2D eigenvalue weighted by Gasteiger charge is 2.27. The van der Waals surface area contributed by atoms with Crippen molar-refractivity contribution < 1.29 is 17.9 Å². The SMILES string of the molecule is CCOc1ccc(N(CC(=O)Nc2ccccc2SC)S(=O)(=O)c2ccc(Cl)cc2)cc1. The quantitative estimate of drug-likeness (QED) is 0.412. The molecule has 0 fully saturated rings. The molecule has 0 aliphatic carbocycles. The highest BCUT2D eigenvalue weighted by Crippen LogP contribution is 2.28. The Kier molecular flexibility index (Phi) is 8.06. The number of rotatable bonds is 9. The number of amides is 1. The van der Waals surface area contributed by atoms with Crippen LogP contribution in [0.2, 0.25) is 5.02 Å². The Labute approximate surface area is 197 Å². The average molecular weight is 491 g/mol. The molecule has 9 heteroatoms. The fourth-order valence-electron chi connectivity index (χ4n) is 2.99. The average Bonchev–Trinajstić information content (AvgIpc) is 2.79. The Morgan fingerprint density at radius 1 is 1.03 bits per heavy atom. The van der Waals surface area contributed by atoms with Gasteiger partial charge in [0.2, 0.25) is 5.91 Å². The van der Waals surface area contributed by atoms with E-state index in [1.165, 1.54) is 36.0 Å². The van der Waals surface area contributed by atoms with Gasteiger partial charge >= 0.3 is 0 Å². The number of carbonyl (C=O) groups excluding carboxylic acids is 1. The van der Waals surface area contributed by atoms with Gasteiger partial charge in [-0.1, -0.05) is 23.7 Å². The van der Waals surface area contributed by atoms with E-state index in [2.05, 4.69) is 5.32 Å². The second-order valence-electron chi connectivity index (χ2n) is 6.64. The normalized spacial score (nSPS) is 11.1. The molecule has 3 rings (SSSR count). The highest BCUT2D eigenvalue weighted by atomic mass is 35.5. The molecule has 0 aliphatic rings. The lowest BCUT2D eigenvalue weighted by Crippen LogP contribution is -2.38. The first-order valence-corrected chi connectivity index (χ1v) is 12.8. The zero-order chi connectivity index (χ0) is 23.1. The summed E-state index contributed by atoms with van der Waals surface area (Å²) in [6.45, 7) is 1.95. The van der Waals surface area contributed by atoms with Crippen LogP contribution in [0.4, 0.5) is 11.4 Å². The van der Waals surface area contributed by atoms with E-state index in [0.29, 0.717) is 28.8 Å². The summed E-state index contributed by atoms with van der Waals surface area (Å²) in [7, 11) is -4.03. The fourth-order valence-corrected chi connectivity index (χ4v) is 5.09. The molecule has 3 aromatic carbocycles. The van der Waals surface area contributed by atoms with E-state index in [-0.39, 0.29) is 4.90 Å². The van der Waals surface area contributed by atoms with Gasteiger partial charge in [-0.25, -0.2) is 8.42 Å². The van der Waals surface area contributed by atoms with Crippen molar-refractivity contribution in [2.45, 2.75) is 16.7 Å². The molecule has 0 radical (unpaired) electrons. The van der Waals surface area contributed by atoms with E-state index in [1.807, 2.05) is 31.4 Å². The van der Waals surface area contributed by atoms with Crippen LogP contribution >= 0.6 is 23.4 Å². The highest BCUT2D eigenvalue weighted by molar-refractivity contribution is 7.98. The minimum absolute atomic E-state index is 0.0353. The molecule has 1 amide bonds. The van der Waals surface area contributed by atoms with Gasteiger partial charge < -0.3 is 10.1 Å². The third-order valence-corrected chi connectivity index (χ3v) is 7.34. The van der Waals surface area contributed by atoms with Crippen LogP contribution in [0.3, 0.4) is 0 Å². The number of para-hydroxylation sites is 1. The lowest BCUT2D eigenvalue weighted by Gasteiger charge is -2.24. The van der Waals surface area contributed by atoms with E-state index in [1.54, 1.807) is 30.3 Å². The maximum absolute atomic E-state index is 13.4. The molecule has 1 N–H and O–H groups in total. The first-order valence-electron chi connectivity index (χ1n) is 9.79. The summed E-state index contributed by atoms with van der Waals surface area (Å²) in [6, 6.07) is 19.7. The molecule has 0 aromatic heterocycles. The molecule has 168 valence electrons. The van der Waals surface area contributed by atoms with Gasteiger partial charge in [0.15, 0.2) is 0 Å². The van der Waals surface area contributed by atoms with E-state index < -0.39 is 22.5 Å². The van der Waals surface area contributed by atoms with Gasteiger partial charge in [-0.2, -0.15) is 0 Å². The predicted octanol–water partition coefficient (Wildman–Crippen LogP) is 5.29. The number of anilines is 2. The molecular weight excluding hydrogens is 468 g/mol. The minimum Gasteiger partial charge on any atom is -0.494 e. The Morgan fingerprint density at radius 2 is 1.69 bits per heavy atom. The van der Waals surface area contributed by atoms with Gasteiger partial charge in [-0.05, 0) is 73.8 Å². The van der Waals surface area contributed by atoms with Crippen molar-refractivity contribution in [1.82, 2.24) is 0 Å². The molecule has 0 saturated carbocycles. The number of ether oxygens (including phenoxy) is 1. The van der Waals surface area contributed by atoms with Crippen LogP contribution in [-0.4, -0.2) is 33.7 Å². The Morgan fingerprint density at radius 3 is 2.31 bits per heavy atom. The number of nitrogens with zero attached hydrogens (tertiary/aromatic N) is 1. The van der Waals surface area contributed by atoms with Crippen LogP contribution in [0.5, 0.6) is 5.75 Å². The van der Waals surface area contributed by atoms with Gasteiger partial charge in [-0.15, -0.1) is 11.8 Å². The van der Waals surface area contributed by atoms with Crippen LogP contribution in [0.1, 0.15) is 6.92 Å². The maximum Gasteiger partial charge on any atom is 0.264 e. The molecule has 0 bridgehead atoms. The monoisotopic (exact) mass is 490 g/mol. The number of hydrogen-bond acceptors (Lipinski definition) is 5. The summed E-state index contributed by atoms with van der Waals surface area (Å²) in [5.41, 5.74) is 0.970. The summed E-state index contributed by atoms with van der Waals surface area (Å²) in [6.07, 6.45) is 1.90. The first kappa shape index (κ1) is 24.0. The number of carbonyl (C=O) groups is 1. The zero-order valence-corrected chi connectivity index (χ0v) is 20.0. The van der Waals surface area contributed by atoms with Crippen LogP contribution in [-0.2, 0) is 14.8 Å². The number of hydrogen-bond donors (Lipinski definition) is 1. The number of nitrogens with one attached hydrogen (secondary N) is 1. The summed E-state index contributed by atoms with van der Waals surface area (Å²) < 4.78 is 33.4. The van der Waals surface area contributed by atoms with E-state index in [0.717, 1.165) is 9.20 Å². The van der Waals surface area contributed by atoms with Gasteiger partial charge in [0, 0.05) is 9.92 Å². The first-order chi connectivity index (χ1) is 15.3. The number of thioether (sulfide) groups is 1. The summed E-state index contributed by atoms with van der Waals surface area (Å²) in [5, 5.41) is 3.23. The Balaban J connectivity index is 1.94. The number of halogens is 1. The third kappa shape index (κ3) is 5.76. The fraction of sp³-hybridized carbons (Fsp3) is 0.174. The summed E-state index contributed by atoms with van der Waals surface area (Å²) in [4.78, 5) is 13.8. The van der Waals surface area contributed by atoms with Crippen LogP contribution in [0.15, 0.2) is 82.6 Å². The summed E-state index contributed by atoms with van der Waals surface area (Å²) >= 11 is 7.41. The van der Waals surface area contributed by atoms with Crippen LogP contribution in [0, 0.1) is 0 Å². The molecule has 0 unspecified atom stereocenters. The van der Waals surface area contributed by atoms with E-state index >= 15 is 0 Å². The zero-order valence-electron chi connectivity index (χ0n) is 17.6. The number of sulfonamides is 1. The van der Waals surface area contributed by atoms with Gasteiger partial charge in [0.1, 0.15) is 12.3 Å². The molecule has 0 heterocycles. The molecular formula is C23H23ClN2O4S2. The van der Waals surface area contributed by atoms with Crippen molar-refractivity contribution in [2.75, 3.05) is 29.0 Å². The van der Waals surface area contributed by atoms with Gasteiger partial charge in [0.05, 0.1) is 22.9 Å². The number of benzene rings is 3. The Bertz CT molecular complexity index is 1170. The van der Waals surface area contributed by atoms with Crippen LogP contribution < -0.4 is 14.4 Å². The molecule has 32 heavy (non-hydrogen) atoms. The maximum atomic E-state index is 13.4. The van der Waals surface area contributed by atoms with Gasteiger partial charge in [-0.3, -0.25) is 9.10 Å². The molecule has 0 saturated heterocycles. The molecule has 0 spiro atoms. The van der Waals surface area contributed by atoms with E-state index in [4.69, 9.17) is 16.3 Å². The molecule has 6 nitrogen and oxygen atoms in total. The predicted molar refractivity (Wildman–Crippen MR) is 130 cm³/mol. The van der Waals surface area contributed by atoms with Crippen molar-refractivity contribution in [3.05, 3.63) is 77.8 Å². The van der Waals surface area contributed by atoms with Crippen molar-refractivity contribution in [2.24, 2.45) is 0 Å². The lowest BCUT2D eigenvalue weighted by atomic mass is 10.3. The van der Waals surface area contributed by atoms with Crippen LogP contribution in [0.25, 0.3) is 0 Å².